The van der Waals surface area contributed by atoms with Crippen molar-refractivity contribution in [3.63, 3.8) is 0 Å². The second kappa shape index (κ2) is 4.85. The monoisotopic (exact) mass is 271 g/mol. The molecule has 20 heavy (non-hydrogen) atoms. The molecule has 1 amide bonds. The molecule has 1 aliphatic heterocycles. The van der Waals surface area contributed by atoms with Crippen molar-refractivity contribution in [3.8, 4) is 0 Å². The molecule has 4 N–H and O–H groups in total. The molecule has 0 atom stereocenters. The Kier molecular flexibility index (Phi) is 3.02. The van der Waals surface area contributed by atoms with E-state index in [-0.39, 0.29) is 11.7 Å². The zero-order chi connectivity index (χ0) is 14.1. The number of hydrogen-bond acceptors (Lipinski definition) is 3. The van der Waals surface area contributed by atoms with Crippen LogP contribution in [0.1, 0.15) is 12.0 Å². The quantitative estimate of drug-likeness (QED) is 0.735. The number of aryl methyl sites for hydroxylation is 1. The Labute approximate surface area is 115 Å². The zero-order valence-corrected chi connectivity index (χ0v) is 10.7. The molecule has 0 unspecified atom stereocenters. The van der Waals surface area contributed by atoms with E-state index in [1.54, 1.807) is 18.2 Å². The van der Waals surface area contributed by atoms with Gasteiger partial charge in [-0.25, -0.2) is 4.39 Å². The zero-order valence-electron chi connectivity index (χ0n) is 10.7. The van der Waals surface area contributed by atoms with Crippen LogP contribution in [0.15, 0.2) is 36.4 Å². The van der Waals surface area contributed by atoms with Gasteiger partial charge in [0.05, 0.1) is 11.4 Å². The number of anilines is 4. The maximum absolute atomic E-state index is 13.2. The first-order valence-corrected chi connectivity index (χ1v) is 6.36. The summed E-state index contributed by atoms with van der Waals surface area (Å²) < 4.78 is 13.2. The molecule has 5 heteroatoms. The molecule has 0 aliphatic carbocycles. The molecule has 1 heterocycles. The fraction of sp³-hybridized carbons (Fsp3) is 0.133. The number of amides is 1. The van der Waals surface area contributed by atoms with Gasteiger partial charge in [0.1, 0.15) is 5.82 Å². The maximum atomic E-state index is 13.2. The summed E-state index contributed by atoms with van der Waals surface area (Å²) in [6, 6.07) is 9.82. The van der Waals surface area contributed by atoms with Crippen LogP contribution in [-0.4, -0.2) is 5.91 Å². The van der Waals surface area contributed by atoms with Crippen molar-refractivity contribution in [2.75, 3.05) is 16.4 Å². The van der Waals surface area contributed by atoms with Crippen molar-refractivity contribution >= 4 is 28.7 Å². The highest BCUT2D eigenvalue weighted by Crippen LogP contribution is 2.32. The summed E-state index contributed by atoms with van der Waals surface area (Å²) in [5.41, 5.74) is 9.61. The van der Waals surface area contributed by atoms with E-state index in [0.29, 0.717) is 29.9 Å². The molecule has 3 rings (SSSR count). The number of rotatable bonds is 2. The number of carbonyl (C=O) groups is 1. The Balaban J connectivity index is 1.92. The number of fused-ring (bicyclic) bond motifs is 1. The normalized spacial score (nSPS) is 13.6. The summed E-state index contributed by atoms with van der Waals surface area (Å²) in [5.74, 6) is -0.304. The van der Waals surface area contributed by atoms with Crippen molar-refractivity contribution < 1.29 is 9.18 Å². The van der Waals surface area contributed by atoms with Crippen LogP contribution >= 0.6 is 0 Å². The molecule has 0 saturated heterocycles. The van der Waals surface area contributed by atoms with E-state index in [4.69, 9.17) is 5.73 Å². The van der Waals surface area contributed by atoms with Gasteiger partial charge in [-0.1, -0.05) is 6.07 Å². The average molecular weight is 271 g/mol. The second-order valence-electron chi connectivity index (χ2n) is 4.78. The summed E-state index contributed by atoms with van der Waals surface area (Å²) in [6.07, 6.45) is 1.15. The van der Waals surface area contributed by atoms with Gasteiger partial charge in [-0.15, -0.1) is 0 Å². The molecule has 2 aromatic carbocycles. The van der Waals surface area contributed by atoms with Gasteiger partial charge in [0.15, 0.2) is 0 Å². The first kappa shape index (κ1) is 12.5. The summed E-state index contributed by atoms with van der Waals surface area (Å²) in [6.45, 7) is 0. The fourth-order valence-electron chi connectivity index (χ4n) is 2.28. The van der Waals surface area contributed by atoms with Crippen LogP contribution in [0.2, 0.25) is 0 Å². The van der Waals surface area contributed by atoms with Gasteiger partial charge in [0.2, 0.25) is 5.91 Å². The number of nitrogens with two attached hydrogens (primary N) is 1. The Hall–Kier alpha value is -2.56. The second-order valence-corrected chi connectivity index (χ2v) is 4.78. The molecule has 0 spiro atoms. The standard InChI is InChI=1S/C15H14FN3O/c16-10-2-1-3-11(7-10)18-14-6-9-4-5-15(20)19-13(9)8-12(14)17/h1-3,6-8,18H,4-5,17H2,(H,19,20). The molecule has 0 aromatic heterocycles. The van der Waals surface area contributed by atoms with Crippen molar-refractivity contribution in [2.24, 2.45) is 0 Å². The van der Waals surface area contributed by atoms with Gasteiger partial charge in [0.25, 0.3) is 0 Å². The Morgan fingerprint density at radius 1 is 1.20 bits per heavy atom. The molecule has 102 valence electrons. The highest BCUT2D eigenvalue weighted by Gasteiger charge is 2.16. The van der Waals surface area contributed by atoms with Crippen LogP contribution < -0.4 is 16.4 Å². The smallest absolute Gasteiger partial charge is 0.224 e. The average Bonchev–Trinajstić information content (AvgIpc) is 2.40. The molecular formula is C15H14FN3O. The lowest BCUT2D eigenvalue weighted by Gasteiger charge is -2.19. The fourth-order valence-corrected chi connectivity index (χ4v) is 2.28. The third-order valence-electron chi connectivity index (χ3n) is 3.27. The highest BCUT2D eigenvalue weighted by molar-refractivity contribution is 5.95. The van der Waals surface area contributed by atoms with E-state index in [1.807, 2.05) is 6.07 Å². The van der Waals surface area contributed by atoms with Gasteiger partial charge < -0.3 is 16.4 Å². The van der Waals surface area contributed by atoms with Crippen molar-refractivity contribution in [1.82, 2.24) is 0 Å². The lowest BCUT2D eigenvalue weighted by molar-refractivity contribution is -0.116. The van der Waals surface area contributed by atoms with Crippen LogP contribution in [0.25, 0.3) is 0 Å². The predicted octanol–water partition coefficient (Wildman–Crippen LogP) is 3.04. The third kappa shape index (κ3) is 2.42. The minimum absolute atomic E-state index is 0.00254. The van der Waals surface area contributed by atoms with E-state index in [0.717, 1.165) is 11.3 Å². The number of nitrogen functional groups attached to an aromatic ring is 1. The van der Waals surface area contributed by atoms with Crippen LogP contribution in [-0.2, 0) is 11.2 Å². The van der Waals surface area contributed by atoms with Crippen molar-refractivity contribution in [3.05, 3.63) is 47.8 Å². The summed E-state index contributed by atoms with van der Waals surface area (Å²) >= 11 is 0. The Morgan fingerprint density at radius 2 is 2.05 bits per heavy atom. The van der Waals surface area contributed by atoms with Crippen LogP contribution in [0.5, 0.6) is 0 Å². The van der Waals surface area contributed by atoms with E-state index in [2.05, 4.69) is 10.6 Å². The summed E-state index contributed by atoms with van der Waals surface area (Å²) in [5, 5.41) is 5.89. The number of hydrogen-bond donors (Lipinski definition) is 3. The summed E-state index contributed by atoms with van der Waals surface area (Å²) in [7, 11) is 0. The van der Waals surface area contributed by atoms with Crippen LogP contribution in [0.4, 0.5) is 27.1 Å². The maximum Gasteiger partial charge on any atom is 0.224 e. The molecular weight excluding hydrogens is 257 g/mol. The molecule has 2 aromatic rings. The molecule has 0 saturated carbocycles. The number of carbonyl (C=O) groups excluding carboxylic acids is 1. The SMILES string of the molecule is Nc1cc2c(cc1Nc1cccc(F)c1)CCC(=O)N2. The van der Waals surface area contributed by atoms with Gasteiger partial charge in [-0.3, -0.25) is 4.79 Å². The van der Waals surface area contributed by atoms with Crippen molar-refractivity contribution in [1.29, 1.82) is 0 Å². The van der Waals surface area contributed by atoms with Gasteiger partial charge in [0, 0.05) is 17.8 Å². The molecule has 1 aliphatic rings. The summed E-state index contributed by atoms with van der Waals surface area (Å²) in [4.78, 5) is 11.3. The number of nitrogens with one attached hydrogen (secondary N) is 2. The lowest BCUT2D eigenvalue weighted by atomic mass is 10.0. The molecule has 0 radical (unpaired) electrons. The highest BCUT2D eigenvalue weighted by atomic mass is 19.1. The van der Waals surface area contributed by atoms with Gasteiger partial charge in [-0.05, 0) is 42.3 Å². The van der Waals surface area contributed by atoms with Crippen molar-refractivity contribution in [2.45, 2.75) is 12.8 Å². The first-order valence-electron chi connectivity index (χ1n) is 6.36. The van der Waals surface area contributed by atoms with E-state index in [1.165, 1.54) is 12.1 Å². The largest absolute Gasteiger partial charge is 0.397 e. The minimum Gasteiger partial charge on any atom is -0.397 e. The number of halogens is 1. The van der Waals surface area contributed by atoms with Crippen LogP contribution in [0, 0.1) is 5.82 Å². The Morgan fingerprint density at radius 3 is 2.85 bits per heavy atom. The third-order valence-corrected chi connectivity index (χ3v) is 3.27. The molecule has 0 fully saturated rings. The van der Waals surface area contributed by atoms with E-state index < -0.39 is 0 Å². The van der Waals surface area contributed by atoms with E-state index >= 15 is 0 Å². The van der Waals surface area contributed by atoms with Gasteiger partial charge >= 0.3 is 0 Å². The lowest BCUT2D eigenvalue weighted by Crippen LogP contribution is -2.19. The minimum atomic E-state index is -0.307. The van der Waals surface area contributed by atoms with Gasteiger partial charge in [-0.2, -0.15) is 0 Å². The van der Waals surface area contributed by atoms with Crippen LogP contribution in [0.3, 0.4) is 0 Å². The molecule has 4 nitrogen and oxygen atoms in total. The van der Waals surface area contributed by atoms with E-state index in [9.17, 15) is 9.18 Å². The predicted molar refractivity (Wildman–Crippen MR) is 77.5 cm³/mol. The molecule has 0 bridgehead atoms. The Bertz CT molecular complexity index is 685. The number of benzene rings is 2. The first-order chi connectivity index (χ1) is 9.61. The topological polar surface area (TPSA) is 67.1 Å².